The van der Waals surface area contributed by atoms with Gasteiger partial charge < -0.3 is 10.6 Å². The number of carbonyl (C=O) groups excluding carboxylic acids is 2. The molecule has 5 heteroatoms. The van der Waals surface area contributed by atoms with Gasteiger partial charge in [-0.05, 0) is 12.8 Å². The summed E-state index contributed by atoms with van der Waals surface area (Å²) in [7, 11) is 0. The summed E-state index contributed by atoms with van der Waals surface area (Å²) >= 11 is 0. The quantitative estimate of drug-likeness (QED) is 0.682. The first-order chi connectivity index (χ1) is 7.17. The van der Waals surface area contributed by atoms with Gasteiger partial charge in [-0.1, -0.05) is 6.92 Å². The van der Waals surface area contributed by atoms with Crippen molar-refractivity contribution in [1.82, 2.24) is 10.6 Å². The van der Waals surface area contributed by atoms with Crippen molar-refractivity contribution in [2.45, 2.75) is 32.2 Å². The van der Waals surface area contributed by atoms with Gasteiger partial charge in [-0.15, -0.1) is 0 Å². The first-order valence-electron chi connectivity index (χ1n) is 5.14. The number of rotatable bonds is 3. The number of piperidine rings is 1. The maximum absolute atomic E-state index is 11.5. The van der Waals surface area contributed by atoms with Crippen LogP contribution in [0.2, 0.25) is 0 Å². The summed E-state index contributed by atoms with van der Waals surface area (Å²) in [5.41, 5.74) is 0. The maximum Gasteiger partial charge on any atom is 0.237 e. The third-order valence-corrected chi connectivity index (χ3v) is 2.49. The molecule has 1 saturated heterocycles. The van der Waals surface area contributed by atoms with Crippen LogP contribution in [-0.2, 0) is 9.59 Å². The molecule has 0 aromatic carbocycles. The molecule has 2 N–H and O–H groups in total. The monoisotopic (exact) mass is 209 g/mol. The lowest BCUT2D eigenvalue weighted by Crippen LogP contribution is -2.49. The average molecular weight is 209 g/mol. The minimum atomic E-state index is -0.581. The van der Waals surface area contributed by atoms with E-state index in [4.69, 9.17) is 5.26 Å². The lowest BCUT2D eigenvalue weighted by molar-refractivity contribution is -0.127. The highest BCUT2D eigenvalue weighted by Gasteiger charge is 2.22. The van der Waals surface area contributed by atoms with Gasteiger partial charge in [0.1, 0.15) is 5.92 Å². The first kappa shape index (κ1) is 11.5. The van der Waals surface area contributed by atoms with Crippen LogP contribution in [0.5, 0.6) is 0 Å². The van der Waals surface area contributed by atoms with Crippen LogP contribution in [0.15, 0.2) is 0 Å². The number of nitrogens with one attached hydrogen (secondary N) is 2. The van der Waals surface area contributed by atoms with Gasteiger partial charge in [-0.2, -0.15) is 5.26 Å². The average Bonchev–Trinajstić information content (AvgIpc) is 2.23. The molecule has 2 amide bonds. The topological polar surface area (TPSA) is 82.0 Å². The number of nitrogens with zero attached hydrogens (tertiary/aromatic N) is 1. The molecule has 0 aromatic heterocycles. The van der Waals surface area contributed by atoms with Crippen molar-refractivity contribution < 1.29 is 9.59 Å². The van der Waals surface area contributed by atoms with Crippen molar-refractivity contribution in [3.63, 3.8) is 0 Å². The van der Waals surface area contributed by atoms with Crippen LogP contribution in [0.3, 0.4) is 0 Å². The summed E-state index contributed by atoms with van der Waals surface area (Å²) in [6, 6.07) is 1.92. The second kappa shape index (κ2) is 5.35. The van der Waals surface area contributed by atoms with Crippen molar-refractivity contribution in [1.29, 1.82) is 5.26 Å². The predicted octanol–water partition coefficient (Wildman–Crippen LogP) is -0.0690. The van der Waals surface area contributed by atoms with Gasteiger partial charge in [-0.25, -0.2) is 0 Å². The molecular formula is C10H15N3O2. The van der Waals surface area contributed by atoms with Crippen LogP contribution < -0.4 is 10.6 Å². The van der Waals surface area contributed by atoms with Crippen molar-refractivity contribution in [2.24, 2.45) is 5.92 Å². The Kier molecular flexibility index (Phi) is 4.10. The highest BCUT2D eigenvalue weighted by molar-refractivity contribution is 5.82. The molecule has 2 unspecified atom stereocenters. The second-order valence-corrected chi connectivity index (χ2v) is 3.64. The van der Waals surface area contributed by atoms with Gasteiger partial charge in [0.25, 0.3) is 0 Å². The Hall–Kier alpha value is -1.57. The van der Waals surface area contributed by atoms with Gasteiger partial charge in [0, 0.05) is 19.0 Å². The van der Waals surface area contributed by atoms with Crippen LogP contribution in [0.1, 0.15) is 26.2 Å². The predicted molar refractivity (Wildman–Crippen MR) is 53.6 cm³/mol. The van der Waals surface area contributed by atoms with E-state index in [2.05, 4.69) is 10.6 Å². The molecule has 1 rings (SSSR count). The number of carbonyl (C=O) groups is 2. The van der Waals surface area contributed by atoms with Crippen molar-refractivity contribution in [2.75, 3.05) is 6.54 Å². The molecular weight excluding hydrogens is 194 g/mol. The van der Waals surface area contributed by atoms with E-state index >= 15 is 0 Å². The van der Waals surface area contributed by atoms with Crippen LogP contribution >= 0.6 is 0 Å². The Balaban J connectivity index is 2.38. The van der Waals surface area contributed by atoms with E-state index in [1.165, 1.54) is 0 Å². The van der Waals surface area contributed by atoms with Gasteiger partial charge in [0.05, 0.1) is 6.07 Å². The molecule has 1 aliphatic rings. The van der Waals surface area contributed by atoms with Crippen molar-refractivity contribution >= 4 is 11.8 Å². The van der Waals surface area contributed by atoms with E-state index < -0.39 is 5.92 Å². The molecule has 1 aliphatic heterocycles. The van der Waals surface area contributed by atoms with E-state index in [1.807, 2.05) is 6.07 Å². The molecule has 0 saturated carbocycles. The summed E-state index contributed by atoms with van der Waals surface area (Å²) < 4.78 is 0. The Morgan fingerprint density at radius 1 is 1.80 bits per heavy atom. The van der Waals surface area contributed by atoms with E-state index in [0.717, 1.165) is 0 Å². The van der Waals surface area contributed by atoms with E-state index in [1.54, 1.807) is 6.92 Å². The lowest BCUT2D eigenvalue weighted by atomic mass is 10.0. The molecule has 0 bridgehead atoms. The molecule has 1 fully saturated rings. The Morgan fingerprint density at radius 3 is 3.00 bits per heavy atom. The van der Waals surface area contributed by atoms with Crippen LogP contribution in [-0.4, -0.2) is 24.4 Å². The minimum Gasteiger partial charge on any atom is -0.354 e. The maximum atomic E-state index is 11.5. The third kappa shape index (κ3) is 3.24. The fourth-order valence-corrected chi connectivity index (χ4v) is 1.49. The molecule has 1 heterocycles. The van der Waals surface area contributed by atoms with Crippen LogP contribution in [0, 0.1) is 17.2 Å². The van der Waals surface area contributed by atoms with E-state index in [9.17, 15) is 9.59 Å². The largest absolute Gasteiger partial charge is 0.354 e. The summed E-state index contributed by atoms with van der Waals surface area (Å²) in [5, 5.41) is 14.1. The Morgan fingerprint density at radius 2 is 2.53 bits per heavy atom. The standard InChI is InChI=1S/C10H15N3O2/c1-2-7(5-11)10(15)13-8-3-4-9(14)12-6-8/h7-8H,2-4,6H2,1H3,(H,12,14)(H,13,15). The fraction of sp³-hybridized carbons (Fsp3) is 0.700. The third-order valence-electron chi connectivity index (χ3n) is 2.49. The highest BCUT2D eigenvalue weighted by Crippen LogP contribution is 2.06. The lowest BCUT2D eigenvalue weighted by Gasteiger charge is -2.24. The highest BCUT2D eigenvalue weighted by atomic mass is 16.2. The molecule has 5 nitrogen and oxygen atoms in total. The summed E-state index contributed by atoms with van der Waals surface area (Å²) in [5.74, 6) is -0.795. The zero-order chi connectivity index (χ0) is 11.3. The van der Waals surface area contributed by atoms with Gasteiger partial charge in [-0.3, -0.25) is 9.59 Å². The molecule has 0 radical (unpaired) electrons. The molecule has 82 valence electrons. The van der Waals surface area contributed by atoms with Crippen LogP contribution in [0.25, 0.3) is 0 Å². The smallest absolute Gasteiger partial charge is 0.237 e. The van der Waals surface area contributed by atoms with Gasteiger partial charge in [0.15, 0.2) is 0 Å². The fourth-order valence-electron chi connectivity index (χ4n) is 1.49. The van der Waals surface area contributed by atoms with Crippen molar-refractivity contribution in [3.8, 4) is 6.07 Å². The number of nitriles is 1. The summed E-state index contributed by atoms with van der Waals surface area (Å²) in [4.78, 5) is 22.4. The van der Waals surface area contributed by atoms with Gasteiger partial charge in [0.2, 0.25) is 11.8 Å². The minimum absolute atomic E-state index is 0.0211. The van der Waals surface area contributed by atoms with E-state index in [0.29, 0.717) is 25.8 Å². The van der Waals surface area contributed by atoms with E-state index in [-0.39, 0.29) is 17.9 Å². The zero-order valence-electron chi connectivity index (χ0n) is 8.75. The molecule has 15 heavy (non-hydrogen) atoms. The Bertz CT molecular complexity index is 286. The zero-order valence-corrected chi connectivity index (χ0v) is 8.75. The molecule has 0 aromatic rings. The molecule has 0 spiro atoms. The summed E-state index contributed by atoms with van der Waals surface area (Å²) in [6.07, 6.45) is 1.61. The first-order valence-corrected chi connectivity index (χ1v) is 5.14. The summed E-state index contributed by atoms with van der Waals surface area (Å²) in [6.45, 7) is 2.27. The SMILES string of the molecule is CCC(C#N)C(=O)NC1CCC(=O)NC1. The number of hydrogen-bond donors (Lipinski definition) is 2. The van der Waals surface area contributed by atoms with Gasteiger partial charge >= 0.3 is 0 Å². The normalized spacial score (nSPS) is 22.4. The van der Waals surface area contributed by atoms with Crippen molar-refractivity contribution in [3.05, 3.63) is 0 Å². The number of hydrogen-bond acceptors (Lipinski definition) is 3. The second-order valence-electron chi connectivity index (χ2n) is 3.64. The number of amides is 2. The molecule has 0 aliphatic carbocycles. The molecule has 2 atom stereocenters. The van der Waals surface area contributed by atoms with Crippen LogP contribution in [0.4, 0.5) is 0 Å². The Labute approximate surface area is 88.8 Å².